The van der Waals surface area contributed by atoms with Crippen LogP contribution in [0.5, 0.6) is 5.75 Å². The van der Waals surface area contributed by atoms with Crippen LogP contribution >= 0.6 is 11.3 Å². The van der Waals surface area contributed by atoms with E-state index in [1.165, 1.54) is 30.6 Å². The maximum absolute atomic E-state index is 12.2. The second-order valence-corrected chi connectivity index (χ2v) is 8.29. The van der Waals surface area contributed by atoms with Crippen molar-refractivity contribution in [1.29, 1.82) is 0 Å². The van der Waals surface area contributed by atoms with Gasteiger partial charge in [-0.15, -0.1) is 11.3 Å². The minimum absolute atomic E-state index is 0.182. The van der Waals surface area contributed by atoms with E-state index in [2.05, 4.69) is 20.4 Å². The van der Waals surface area contributed by atoms with Crippen LogP contribution in [0.4, 0.5) is 0 Å². The zero-order valence-electron chi connectivity index (χ0n) is 16.5. The van der Waals surface area contributed by atoms with Gasteiger partial charge in [0, 0.05) is 29.9 Å². The maximum atomic E-state index is 12.2. The average Bonchev–Trinajstić information content (AvgIpc) is 3.30. The van der Waals surface area contributed by atoms with Crippen LogP contribution in [0.3, 0.4) is 0 Å². The molecule has 4 rings (SSSR count). The van der Waals surface area contributed by atoms with Crippen LogP contribution in [0.25, 0.3) is 4.96 Å². The first-order chi connectivity index (χ1) is 14.1. The Morgan fingerprint density at radius 3 is 2.93 bits per heavy atom. The molecule has 2 aromatic heterocycles. The standard InChI is InChI=1S/C21H25N5O2S/c1-15(23-24-20(28)12-18-14-26-9-10-29-21(26)22-18)16-5-6-19(27)17(11-16)13-25-7-3-2-4-8-25/h5-6,9-11,14,27H,2-4,7-8,12-13H2,1H3,(H,24,28)/b23-15+. The van der Waals surface area contributed by atoms with E-state index in [1.807, 2.05) is 41.2 Å². The normalized spacial score (nSPS) is 15.7. The third-order valence-electron chi connectivity index (χ3n) is 5.17. The molecule has 0 atom stereocenters. The number of hydrogen-bond acceptors (Lipinski definition) is 6. The molecule has 3 aromatic rings. The molecule has 0 unspecified atom stereocenters. The van der Waals surface area contributed by atoms with Gasteiger partial charge in [0.15, 0.2) is 4.96 Å². The molecule has 152 valence electrons. The van der Waals surface area contributed by atoms with Gasteiger partial charge < -0.3 is 5.11 Å². The van der Waals surface area contributed by atoms with E-state index >= 15 is 0 Å². The number of nitrogens with zero attached hydrogens (tertiary/aromatic N) is 4. The molecule has 1 aliphatic rings. The number of fused-ring (bicyclic) bond motifs is 1. The molecule has 1 fully saturated rings. The minimum Gasteiger partial charge on any atom is -0.508 e. The molecular formula is C21H25N5O2S. The number of phenolic OH excluding ortho intramolecular Hbond substituents is 1. The van der Waals surface area contributed by atoms with Crippen molar-refractivity contribution >= 4 is 27.9 Å². The highest BCUT2D eigenvalue weighted by Gasteiger charge is 2.14. The van der Waals surface area contributed by atoms with E-state index in [-0.39, 0.29) is 12.3 Å². The van der Waals surface area contributed by atoms with E-state index in [9.17, 15) is 9.90 Å². The van der Waals surface area contributed by atoms with Gasteiger partial charge in [0.05, 0.1) is 17.8 Å². The largest absolute Gasteiger partial charge is 0.508 e. The fraction of sp³-hybridized carbons (Fsp3) is 0.381. The van der Waals surface area contributed by atoms with Gasteiger partial charge in [-0.05, 0) is 56.6 Å². The molecule has 29 heavy (non-hydrogen) atoms. The predicted octanol–water partition coefficient (Wildman–Crippen LogP) is 3.17. The van der Waals surface area contributed by atoms with Crippen molar-refractivity contribution in [3.63, 3.8) is 0 Å². The van der Waals surface area contributed by atoms with Crippen LogP contribution < -0.4 is 5.43 Å². The molecule has 0 aliphatic carbocycles. The molecule has 3 heterocycles. The number of aromatic hydroxyl groups is 1. The van der Waals surface area contributed by atoms with Gasteiger partial charge >= 0.3 is 0 Å². The zero-order chi connectivity index (χ0) is 20.2. The number of hydrazone groups is 1. The van der Waals surface area contributed by atoms with Gasteiger partial charge in [0.2, 0.25) is 5.91 Å². The summed E-state index contributed by atoms with van der Waals surface area (Å²) < 4.78 is 1.90. The molecule has 0 bridgehead atoms. The number of aromatic nitrogens is 2. The van der Waals surface area contributed by atoms with Gasteiger partial charge in [-0.25, -0.2) is 10.4 Å². The summed E-state index contributed by atoms with van der Waals surface area (Å²) in [6.07, 6.45) is 7.66. The van der Waals surface area contributed by atoms with Crippen molar-refractivity contribution < 1.29 is 9.90 Å². The number of rotatable bonds is 6. The summed E-state index contributed by atoms with van der Waals surface area (Å²) >= 11 is 1.53. The number of hydrogen-bond donors (Lipinski definition) is 2. The summed E-state index contributed by atoms with van der Waals surface area (Å²) in [7, 11) is 0. The maximum Gasteiger partial charge on any atom is 0.246 e. The molecule has 7 nitrogen and oxygen atoms in total. The molecule has 1 aromatic carbocycles. The third-order valence-corrected chi connectivity index (χ3v) is 5.94. The molecule has 2 N–H and O–H groups in total. The number of benzene rings is 1. The molecule has 0 radical (unpaired) electrons. The molecule has 1 aliphatic heterocycles. The highest BCUT2D eigenvalue weighted by molar-refractivity contribution is 7.15. The van der Waals surface area contributed by atoms with Crippen molar-refractivity contribution in [3.8, 4) is 5.75 Å². The van der Waals surface area contributed by atoms with Gasteiger partial charge in [-0.1, -0.05) is 6.42 Å². The Hall–Kier alpha value is -2.71. The second-order valence-electron chi connectivity index (χ2n) is 7.41. The number of carbonyl (C=O) groups excluding carboxylic acids is 1. The van der Waals surface area contributed by atoms with Crippen LogP contribution in [0.1, 0.15) is 43.0 Å². The lowest BCUT2D eigenvalue weighted by molar-refractivity contribution is -0.120. The second kappa shape index (κ2) is 8.75. The number of thiazole rings is 1. The third kappa shape index (κ3) is 4.83. The van der Waals surface area contributed by atoms with Crippen LogP contribution in [0, 0.1) is 0 Å². The van der Waals surface area contributed by atoms with Crippen LogP contribution in [-0.2, 0) is 17.8 Å². The van der Waals surface area contributed by atoms with Gasteiger partial charge in [0.25, 0.3) is 0 Å². The van der Waals surface area contributed by atoms with E-state index in [0.717, 1.165) is 41.4 Å². The monoisotopic (exact) mass is 411 g/mol. The fourth-order valence-corrected chi connectivity index (χ4v) is 4.29. The Kier molecular flexibility index (Phi) is 5.92. The van der Waals surface area contributed by atoms with E-state index < -0.39 is 0 Å². The molecular weight excluding hydrogens is 386 g/mol. The van der Waals surface area contributed by atoms with Crippen molar-refractivity contribution in [2.24, 2.45) is 5.10 Å². The zero-order valence-corrected chi connectivity index (χ0v) is 17.3. The first-order valence-electron chi connectivity index (χ1n) is 9.87. The van der Waals surface area contributed by atoms with Gasteiger partial charge in [0.1, 0.15) is 5.75 Å². The van der Waals surface area contributed by atoms with Crippen LogP contribution in [0.2, 0.25) is 0 Å². The van der Waals surface area contributed by atoms with Crippen molar-refractivity contribution in [1.82, 2.24) is 19.7 Å². The lowest BCUT2D eigenvalue weighted by Crippen LogP contribution is -2.29. The molecule has 1 amide bonds. The lowest BCUT2D eigenvalue weighted by Gasteiger charge is -2.26. The van der Waals surface area contributed by atoms with Crippen molar-refractivity contribution in [2.45, 2.75) is 39.2 Å². The van der Waals surface area contributed by atoms with Crippen molar-refractivity contribution in [2.75, 3.05) is 13.1 Å². The highest BCUT2D eigenvalue weighted by Crippen LogP contribution is 2.22. The first-order valence-corrected chi connectivity index (χ1v) is 10.8. The highest BCUT2D eigenvalue weighted by atomic mass is 32.1. The van der Waals surface area contributed by atoms with E-state index in [1.54, 1.807) is 6.07 Å². The van der Waals surface area contributed by atoms with Crippen LogP contribution in [0.15, 0.2) is 41.1 Å². The summed E-state index contributed by atoms with van der Waals surface area (Å²) in [5.74, 6) is 0.0957. The summed E-state index contributed by atoms with van der Waals surface area (Å²) in [6, 6.07) is 5.48. The molecule has 8 heteroatoms. The van der Waals surface area contributed by atoms with Crippen molar-refractivity contribution in [3.05, 3.63) is 52.8 Å². The average molecular weight is 412 g/mol. The number of piperidine rings is 1. The Labute approximate surface area is 173 Å². The Morgan fingerprint density at radius 2 is 2.14 bits per heavy atom. The van der Waals surface area contributed by atoms with Gasteiger partial charge in [-0.3, -0.25) is 14.1 Å². The molecule has 1 saturated heterocycles. The number of imidazole rings is 1. The Balaban J connectivity index is 1.39. The molecule has 0 spiro atoms. The minimum atomic E-state index is -0.206. The number of likely N-dealkylation sites (tertiary alicyclic amines) is 1. The topological polar surface area (TPSA) is 82.2 Å². The fourth-order valence-electron chi connectivity index (χ4n) is 3.57. The summed E-state index contributed by atoms with van der Waals surface area (Å²) in [5.41, 5.74) is 5.81. The smallest absolute Gasteiger partial charge is 0.246 e. The molecule has 0 saturated carbocycles. The number of carbonyl (C=O) groups is 1. The Morgan fingerprint density at radius 1 is 1.31 bits per heavy atom. The van der Waals surface area contributed by atoms with Gasteiger partial charge in [-0.2, -0.15) is 5.10 Å². The summed E-state index contributed by atoms with van der Waals surface area (Å²) in [6.45, 7) is 4.72. The Bertz CT molecular complexity index is 1000. The quantitative estimate of drug-likeness (QED) is 0.482. The summed E-state index contributed by atoms with van der Waals surface area (Å²) in [4.78, 5) is 19.9. The predicted molar refractivity (Wildman–Crippen MR) is 114 cm³/mol. The first kappa shape index (κ1) is 19.6. The number of phenols is 1. The lowest BCUT2D eigenvalue weighted by atomic mass is 10.0. The number of amides is 1. The SMILES string of the molecule is C/C(=N\NC(=O)Cc1cn2ccsc2n1)c1ccc(O)c(CN2CCCCC2)c1. The van der Waals surface area contributed by atoms with Crippen LogP contribution in [-0.4, -0.2) is 44.1 Å². The van der Waals surface area contributed by atoms with E-state index in [4.69, 9.17) is 0 Å². The van der Waals surface area contributed by atoms with E-state index in [0.29, 0.717) is 11.5 Å². The number of nitrogens with one attached hydrogen (secondary N) is 1. The summed E-state index contributed by atoms with van der Waals surface area (Å²) in [5, 5.41) is 16.4.